The molecule has 0 fully saturated rings. The highest BCUT2D eigenvalue weighted by molar-refractivity contribution is 8.76. The topological polar surface area (TPSA) is 149 Å². The van der Waals surface area contributed by atoms with Crippen molar-refractivity contribution in [1.29, 1.82) is 0 Å². The molecule has 0 spiro atoms. The van der Waals surface area contributed by atoms with Crippen LogP contribution in [0.2, 0.25) is 12.1 Å². The number of amides is 2. The van der Waals surface area contributed by atoms with Gasteiger partial charge in [-0.1, -0.05) is 0 Å². The summed E-state index contributed by atoms with van der Waals surface area (Å²) in [4.78, 5) is 34.4. The van der Waals surface area contributed by atoms with Crippen LogP contribution in [0.4, 0.5) is 9.59 Å². The summed E-state index contributed by atoms with van der Waals surface area (Å²) in [6.07, 6.45) is 7.56. The van der Waals surface area contributed by atoms with E-state index < -0.39 is 17.6 Å². The number of carbonyl (C=O) groups is 2. The second-order valence-electron chi connectivity index (χ2n) is 8.96. The molecule has 0 radical (unpaired) electrons. The van der Waals surface area contributed by atoms with E-state index in [4.69, 9.17) is 26.6 Å². The lowest BCUT2D eigenvalue weighted by Gasteiger charge is -2.28. The van der Waals surface area contributed by atoms with E-state index in [1.165, 1.54) is 30.7 Å². The molecule has 2 N–H and O–H groups in total. The van der Waals surface area contributed by atoms with Gasteiger partial charge in [0.15, 0.2) is 10.3 Å². The summed E-state index contributed by atoms with van der Waals surface area (Å²) in [5, 5.41) is 6.74. The normalized spacial score (nSPS) is 12.0. The minimum absolute atomic E-state index is 0.311. The minimum Gasteiger partial charge on any atom is -0.374 e. The van der Waals surface area contributed by atoms with E-state index in [2.05, 4.69) is 20.6 Å². The first-order valence-corrected chi connectivity index (χ1v) is 21.2. The van der Waals surface area contributed by atoms with Crippen LogP contribution < -0.4 is 10.6 Å². The van der Waals surface area contributed by atoms with Crippen LogP contribution in [0.25, 0.3) is 0 Å². The second kappa shape index (κ2) is 21.1. The third-order valence-corrected chi connectivity index (χ3v) is 14.3. The van der Waals surface area contributed by atoms with E-state index in [1.807, 2.05) is 41.5 Å². The van der Waals surface area contributed by atoms with E-state index in [9.17, 15) is 9.59 Å². The molecule has 2 rings (SSSR count). The number of nitrogens with zero attached hydrogens (tertiary/aromatic N) is 4. The van der Waals surface area contributed by atoms with Crippen molar-refractivity contribution in [3.63, 3.8) is 0 Å². The van der Waals surface area contributed by atoms with Crippen LogP contribution in [-0.2, 0) is 26.6 Å². The molecule has 0 saturated heterocycles. The van der Waals surface area contributed by atoms with Gasteiger partial charge in [-0.2, -0.15) is 0 Å². The molecule has 0 aromatic carbocycles. The predicted molar refractivity (Wildman–Crippen MR) is 174 cm³/mol. The molecule has 0 saturated carbocycles. The standard InChI is InChI=1S/C26H48N6O8S2Si2/c1-7-35-43(36-8-2,37-9-3)21-13-15-27-23(33)31-19-17-29-25(31)41-42-26-30-18-20-32(26)24(34)28-16-14-22-44(38-10-4,39-11-5)40-12-6/h17-20H,7-16,21-22H2,1-6H3,(H,27,33)(H,28,34). The summed E-state index contributed by atoms with van der Waals surface area (Å²) in [6, 6.07) is 0.579. The molecule has 0 aliphatic carbocycles. The fourth-order valence-corrected chi connectivity index (χ4v) is 11.5. The van der Waals surface area contributed by atoms with E-state index >= 15 is 0 Å². The Kier molecular flexibility index (Phi) is 18.5. The summed E-state index contributed by atoms with van der Waals surface area (Å²) in [5.41, 5.74) is 0. The van der Waals surface area contributed by atoms with Crippen LogP contribution in [0.3, 0.4) is 0 Å². The van der Waals surface area contributed by atoms with Gasteiger partial charge in [0, 0.05) is 89.6 Å². The fraction of sp³-hybridized carbons (Fsp3) is 0.692. The molecule has 0 aliphatic heterocycles. The van der Waals surface area contributed by atoms with Crippen LogP contribution >= 0.6 is 21.6 Å². The average Bonchev–Trinajstić information content (AvgIpc) is 3.67. The predicted octanol–water partition coefficient (Wildman–Crippen LogP) is 4.87. The van der Waals surface area contributed by atoms with Crippen LogP contribution in [0.15, 0.2) is 35.1 Å². The zero-order valence-electron chi connectivity index (χ0n) is 26.7. The summed E-state index contributed by atoms with van der Waals surface area (Å²) in [6.45, 7) is 15.4. The molecule has 2 amide bonds. The molecular formula is C26H48N6O8S2Si2. The van der Waals surface area contributed by atoms with E-state index in [-0.39, 0.29) is 12.1 Å². The highest BCUT2D eigenvalue weighted by Gasteiger charge is 2.40. The van der Waals surface area contributed by atoms with Gasteiger partial charge in [0.25, 0.3) is 0 Å². The van der Waals surface area contributed by atoms with Crippen molar-refractivity contribution < 1.29 is 36.1 Å². The molecule has 0 aliphatic rings. The largest absolute Gasteiger partial charge is 0.500 e. The van der Waals surface area contributed by atoms with Crippen molar-refractivity contribution in [2.75, 3.05) is 52.7 Å². The molecule has 0 atom stereocenters. The molecule has 2 aromatic rings. The van der Waals surface area contributed by atoms with Crippen molar-refractivity contribution in [1.82, 2.24) is 29.7 Å². The summed E-state index contributed by atoms with van der Waals surface area (Å²) < 4.78 is 38.1. The Morgan fingerprint density at radius 2 is 0.955 bits per heavy atom. The number of nitrogens with one attached hydrogen (secondary N) is 2. The maximum atomic E-state index is 12.9. The van der Waals surface area contributed by atoms with E-state index in [0.29, 0.717) is 88.0 Å². The van der Waals surface area contributed by atoms with Gasteiger partial charge in [-0.25, -0.2) is 28.7 Å². The van der Waals surface area contributed by atoms with Crippen LogP contribution in [0.1, 0.15) is 54.4 Å². The molecule has 44 heavy (non-hydrogen) atoms. The van der Waals surface area contributed by atoms with Crippen LogP contribution in [0, 0.1) is 0 Å². The molecule has 0 bridgehead atoms. The molecule has 2 aromatic heterocycles. The first kappa shape index (κ1) is 38.4. The lowest BCUT2D eigenvalue weighted by Crippen LogP contribution is -2.46. The van der Waals surface area contributed by atoms with Crippen LogP contribution in [0.5, 0.6) is 0 Å². The van der Waals surface area contributed by atoms with Crippen molar-refractivity contribution >= 4 is 51.3 Å². The maximum Gasteiger partial charge on any atom is 0.500 e. The Balaban J connectivity index is 1.88. The summed E-state index contributed by atoms with van der Waals surface area (Å²) in [5.74, 6) is 0. The Morgan fingerprint density at radius 3 is 1.25 bits per heavy atom. The first-order chi connectivity index (χ1) is 21.3. The van der Waals surface area contributed by atoms with E-state index in [1.54, 1.807) is 24.8 Å². The Morgan fingerprint density at radius 1 is 0.636 bits per heavy atom. The monoisotopic (exact) mass is 692 g/mol. The third kappa shape index (κ3) is 12.2. The summed E-state index contributed by atoms with van der Waals surface area (Å²) >= 11 is 0. The molecule has 250 valence electrons. The molecule has 14 nitrogen and oxygen atoms in total. The number of carbonyl (C=O) groups excluding carboxylic acids is 2. The molecule has 2 heterocycles. The maximum absolute atomic E-state index is 12.9. The number of rotatable bonds is 23. The Bertz CT molecular complexity index is 994. The van der Waals surface area contributed by atoms with Crippen molar-refractivity contribution in [2.45, 2.75) is 76.8 Å². The number of aromatic nitrogens is 4. The van der Waals surface area contributed by atoms with Gasteiger partial charge in [0.05, 0.1) is 0 Å². The Hall–Kier alpha value is -1.75. The highest BCUT2D eigenvalue weighted by Crippen LogP contribution is 2.35. The van der Waals surface area contributed by atoms with Gasteiger partial charge in [-0.3, -0.25) is 0 Å². The molecule has 0 unspecified atom stereocenters. The minimum atomic E-state index is -2.77. The molecular weight excluding hydrogens is 645 g/mol. The van der Waals surface area contributed by atoms with Gasteiger partial charge in [0.2, 0.25) is 0 Å². The lowest BCUT2D eigenvalue weighted by molar-refractivity contribution is 0.0700. The SMILES string of the molecule is CCO[Si](CCCNC(=O)n1ccnc1SSc1nccn1C(=O)NCCC[Si](OCC)(OCC)OCC)(OCC)OCC. The van der Waals surface area contributed by atoms with Gasteiger partial charge < -0.3 is 37.2 Å². The average molecular weight is 693 g/mol. The van der Waals surface area contributed by atoms with Gasteiger partial charge >= 0.3 is 29.7 Å². The number of hydrogen-bond donors (Lipinski definition) is 2. The smallest absolute Gasteiger partial charge is 0.374 e. The zero-order chi connectivity index (χ0) is 32.3. The van der Waals surface area contributed by atoms with Gasteiger partial charge in [-0.05, 0) is 76.0 Å². The number of hydrogen-bond acceptors (Lipinski definition) is 12. The lowest BCUT2D eigenvalue weighted by atomic mass is 10.5. The van der Waals surface area contributed by atoms with Crippen molar-refractivity contribution in [3.05, 3.63) is 24.8 Å². The van der Waals surface area contributed by atoms with Gasteiger partial charge in [-0.15, -0.1) is 0 Å². The van der Waals surface area contributed by atoms with Gasteiger partial charge in [0.1, 0.15) is 0 Å². The Labute approximate surface area is 270 Å². The van der Waals surface area contributed by atoms with Crippen molar-refractivity contribution in [3.8, 4) is 0 Å². The second-order valence-corrected chi connectivity index (χ2v) is 16.5. The third-order valence-electron chi connectivity index (χ3n) is 5.90. The zero-order valence-corrected chi connectivity index (χ0v) is 30.3. The summed E-state index contributed by atoms with van der Waals surface area (Å²) in [7, 11) is -3.08. The quantitative estimate of drug-likeness (QED) is 0.0930. The first-order valence-electron chi connectivity index (χ1n) is 15.1. The molecule has 18 heteroatoms. The van der Waals surface area contributed by atoms with E-state index in [0.717, 1.165) is 0 Å². The fourth-order valence-electron chi connectivity index (χ4n) is 4.26. The van der Waals surface area contributed by atoms with Crippen LogP contribution in [-0.4, -0.2) is 102 Å². The number of imidazole rings is 2. The van der Waals surface area contributed by atoms with Crippen molar-refractivity contribution in [2.24, 2.45) is 0 Å². The highest BCUT2D eigenvalue weighted by atomic mass is 33.1.